The number of nitrogens with zero attached hydrogens (tertiary/aromatic N) is 2. The van der Waals surface area contributed by atoms with Gasteiger partial charge in [-0.05, 0) is 18.2 Å². The first-order chi connectivity index (χ1) is 8.34. The van der Waals surface area contributed by atoms with E-state index >= 15 is 0 Å². The Morgan fingerprint density at radius 1 is 1.00 bits per heavy atom. The molecule has 3 rings (SSSR count). The van der Waals surface area contributed by atoms with Gasteiger partial charge in [0.2, 0.25) is 0 Å². The van der Waals surface area contributed by atoms with Crippen LogP contribution in [0.1, 0.15) is 0 Å². The Kier molecular flexibility index (Phi) is 2.19. The zero-order valence-electron chi connectivity index (χ0n) is 8.95. The standard InChI is InChI=1S/C13H10N2O2/c16-12-8-4-5-10-9-14-15(13(10)12)17-11-6-2-1-3-7-11/h1-9,16H. The van der Waals surface area contributed by atoms with Gasteiger partial charge in [-0.3, -0.25) is 0 Å². The maximum absolute atomic E-state index is 9.78. The van der Waals surface area contributed by atoms with Gasteiger partial charge in [0.25, 0.3) is 0 Å². The van der Waals surface area contributed by atoms with Crippen LogP contribution in [0.15, 0.2) is 54.7 Å². The first-order valence-electron chi connectivity index (χ1n) is 5.24. The Hall–Kier alpha value is -2.49. The third-order valence-electron chi connectivity index (χ3n) is 2.47. The normalized spacial score (nSPS) is 10.6. The molecule has 0 amide bonds. The van der Waals surface area contributed by atoms with Gasteiger partial charge in [0.1, 0.15) is 5.75 Å². The number of benzene rings is 2. The zero-order valence-corrected chi connectivity index (χ0v) is 8.95. The molecule has 4 nitrogen and oxygen atoms in total. The van der Waals surface area contributed by atoms with E-state index in [-0.39, 0.29) is 5.75 Å². The van der Waals surface area contributed by atoms with Crippen molar-refractivity contribution in [2.24, 2.45) is 0 Å². The van der Waals surface area contributed by atoms with Gasteiger partial charge in [-0.1, -0.05) is 35.2 Å². The number of phenols is 1. The van der Waals surface area contributed by atoms with Crippen molar-refractivity contribution in [2.75, 3.05) is 0 Å². The summed E-state index contributed by atoms with van der Waals surface area (Å²) in [5, 5.41) is 14.7. The van der Waals surface area contributed by atoms with Gasteiger partial charge in [-0.2, -0.15) is 0 Å². The molecular weight excluding hydrogens is 216 g/mol. The van der Waals surface area contributed by atoms with Gasteiger partial charge in [0, 0.05) is 5.39 Å². The highest BCUT2D eigenvalue weighted by Gasteiger charge is 2.08. The van der Waals surface area contributed by atoms with Crippen LogP contribution in [0.4, 0.5) is 0 Å². The molecule has 0 saturated heterocycles. The van der Waals surface area contributed by atoms with E-state index in [2.05, 4.69) is 5.10 Å². The van der Waals surface area contributed by atoms with Crippen molar-refractivity contribution in [3.63, 3.8) is 0 Å². The molecule has 1 N–H and O–H groups in total. The number of fused-ring (bicyclic) bond motifs is 1. The van der Waals surface area contributed by atoms with Gasteiger partial charge < -0.3 is 9.94 Å². The summed E-state index contributed by atoms with van der Waals surface area (Å²) in [5.41, 5.74) is 0.566. The molecule has 0 saturated carbocycles. The lowest BCUT2D eigenvalue weighted by atomic mass is 10.2. The monoisotopic (exact) mass is 226 g/mol. The first kappa shape index (κ1) is 9.72. The molecule has 0 radical (unpaired) electrons. The van der Waals surface area contributed by atoms with Crippen LogP contribution in [0.2, 0.25) is 0 Å². The summed E-state index contributed by atoms with van der Waals surface area (Å²) in [5.74, 6) is 0.816. The molecule has 0 aliphatic heterocycles. The minimum absolute atomic E-state index is 0.149. The lowest BCUT2D eigenvalue weighted by Crippen LogP contribution is -2.06. The maximum atomic E-state index is 9.78. The molecule has 0 aliphatic carbocycles. The van der Waals surface area contributed by atoms with E-state index in [4.69, 9.17) is 4.84 Å². The summed E-state index contributed by atoms with van der Waals surface area (Å²) in [7, 11) is 0. The Labute approximate surface area is 97.6 Å². The molecule has 0 bridgehead atoms. The summed E-state index contributed by atoms with van der Waals surface area (Å²) in [4.78, 5) is 6.88. The fourth-order valence-electron chi connectivity index (χ4n) is 1.68. The second kappa shape index (κ2) is 3.83. The van der Waals surface area contributed by atoms with Crippen LogP contribution in [0.25, 0.3) is 10.9 Å². The van der Waals surface area contributed by atoms with E-state index in [1.54, 1.807) is 18.3 Å². The zero-order chi connectivity index (χ0) is 11.7. The predicted molar refractivity (Wildman–Crippen MR) is 63.9 cm³/mol. The highest BCUT2D eigenvalue weighted by Crippen LogP contribution is 2.24. The summed E-state index contributed by atoms with van der Waals surface area (Å²) in [6, 6.07) is 14.6. The Morgan fingerprint density at radius 3 is 2.65 bits per heavy atom. The van der Waals surface area contributed by atoms with Gasteiger partial charge in [-0.15, -0.1) is 5.10 Å². The summed E-state index contributed by atoms with van der Waals surface area (Å²) in [6.07, 6.45) is 1.65. The van der Waals surface area contributed by atoms with E-state index in [0.717, 1.165) is 5.39 Å². The number of hydrogen-bond acceptors (Lipinski definition) is 3. The van der Waals surface area contributed by atoms with Crippen LogP contribution >= 0.6 is 0 Å². The number of phenolic OH excluding ortho intramolecular Hbond substituents is 1. The molecule has 17 heavy (non-hydrogen) atoms. The molecule has 0 spiro atoms. The maximum Gasteiger partial charge on any atom is 0.157 e. The summed E-state index contributed by atoms with van der Waals surface area (Å²) in [6.45, 7) is 0. The second-order valence-electron chi connectivity index (χ2n) is 3.64. The molecule has 1 aromatic heterocycles. The first-order valence-corrected chi connectivity index (χ1v) is 5.24. The second-order valence-corrected chi connectivity index (χ2v) is 3.64. The fourth-order valence-corrected chi connectivity index (χ4v) is 1.68. The van der Waals surface area contributed by atoms with Crippen molar-refractivity contribution < 1.29 is 9.94 Å². The molecule has 4 heteroatoms. The third kappa shape index (κ3) is 1.69. The average molecular weight is 226 g/mol. The van der Waals surface area contributed by atoms with Crippen LogP contribution in [-0.4, -0.2) is 15.1 Å². The Morgan fingerprint density at radius 2 is 1.82 bits per heavy atom. The van der Waals surface area contributed by atoms with E-state index in [9.17, 15) is 5.11 Å². The summed E-state index contributed by atoms with van der Waals surface area (Å²) < 4.78 is 0. The molecule has 0 atom stereocenters. The molecule has 84 valence electrons. The minimum Gasteiger partial charge on any atom is -0.506 e. The van der Waals surface area contributed by atoms with E-state index in [1.165, 1.54) is 4.85 Å². The third-order valence-corrected chi connectivity index (χ3v) is 2.47. The van der Waals surface area contributed by atoms with E-state index in [0.29, 0.717) is 11.3 Å². The number of rotatable bonds is 2. The average Bonchev–Trinajstić information content (AvgIpc) is 2.75. The van der Waals surface area contributed by atoms with Crippen LogP contribution < -0.4 is 4.84 Å². The molecule has 3 aromatic rings. The van der Waals surface area contributed by atoms with Crippen LogP contribution in [0.3, 0.4) is 0 Å². The van der Waals surface area contributed by atoms with Crippen LogP contribution in [-0.2, 0) is 0 Å². The highest BCUT2D eigenvalue weighted by molar-refractivity contribution is 5.84. The van der Waals surface area contributed by atoms with Crippen molar-refractivity contribution >= 4 is 10.9 Å². The lowest BCUT2D eigenvalue weighted by molar-refractivity contribution is 0.189. The quantitative estimate of drug-likeness (QED) is 0.730. The molecule has 0 aliphatic rings. The van der Waals surface area contributed by atoms with Gasteiger partial charge in [-0.25, -0.2) is 0 Å². The van der Waals surface area contributed by atoms with Gasteiger partial charge >= 0.3 is 0 Å². The van der Waals surface area contributed by atoms with Gasteiger partial charge in [0.05, 0.1) is 6.20 Å². The van der Waals surface area contributed by atoms with Crippen LogP contribution in [0, 0.1) is 0 Å². The number of aromatic nitrogens is 2. The Bertz CT molecular complexity index is 647. The number of para-hydroxylation sites is 2. The summed E-state index contributed by atoms with van der Waals surface area (Å²) >= 11 is 0. The topological polar surface area (TPSA) is 47.3 Å². The van der Waals surface area contributed by atoms with Crippen molar-refractivity contribution in [1.82, 2.24) is 9.94 Å². The largest absolute Gasteiger partial charge is 0.506 e. The smallest absolute Gasteiger partial charge is 0.157 e. The van der Waals surface area contributed by atoms with Crippen LogP contribution in [0.5, 0.6) is 11.5 Å². The molecule has 1 heterocycles. The SMILES string of the molecule is Oc1cccc2cnn(Oc3ccccc3)c12. The van der Waals surface area contributed by atoms with E-state index < -0.39 is 0 Å². The van der Waals surface area contributed by atoms with E-state index in [1.807, 2.05) is 36.4 Å². The molecule has 0 unspecified atom stereocenters. The van der Waals surface area contributed by atoms with Crippen molar-refractivity contribution in [1.29, 1.82) is 0 Å². The lowest BCUT2D eigenvalue weighted by Gasteiger charge is -2.05. The van der Waals surface area contributed by atoms with Crippen molar-refractivity contribution in [3.8, 4) is 11.5 Å². The van der Waals surface area contributed by atoms with Crippen molar-refractivity contribution in [3.05, 3.63) is 54.7 Å². The number of aromatic hydroxyl groups is 1. The highest BCUT2D eigenvalue weighted by atomic mass is 16.7. The minimum atomic E-state index is 0.149. The van der Waals surface area contributed by atoms with Gasteiger partial charge in [0.15, 0.2) is 11.3 Å². The van der Waals surface area contributed by atoms with Crippen molar-refractivity contribution in [2.45, 2.75) is 0 Å². The fraction of sp³-hybridized carbons (Fsp3) is 0. The predicted octanol–water partition coefficient (Wildman–Crippen LogP) is 2.58. The number of hydrogen-bond donors (Lipinski definition) is 1. The molecular formula is C13H10N2O2. The Balaban J connectivity index is 2.07. The molecule has 0 fully saturated rings. The molecule has 2 aromatic carbocycles.